The summed E-state index contributed by atoms with van der Waals surface area (Å²) in [6.07, 6.45) is -2.95. The Morgan fingerprint density at radius 3 is 2.31 bits per heavy atom. The van der Waals surface area contributed by atoms with Gasteiger partial charge < -0.3 is 9.15 Å². The minimum Gasteiger partial charge on any atom is -0.484 e. The molecule has 0 radical (unpaired) electrons. The molecular weight excluding hydrogens is 347 g/mol. The van der Waals surface area contributed by atoms with Gasteiger partial charge in [-0.2, -0.15) is 18.0 Å². The van der Waals surface area contributed by atoms with Crippen LogP contribution in [0.1, 0.15) is 0 Å². The predicted octanol–water partition coefficient (Wildman–Crippen LogP) is 4.62. The van der Waals surface area contributed by atoms with Crippen LogP contribution in [0.2, 0.25) is 0 Å². The number of fused-ring (bicyclic) bond motifs is 1. The third-order valence-electron chi connectivity index (χ3n) is 3.62. The lowest BCUT2D eigenvalue weighted by Crippen LogP contribution is -2.19. The molecule has 0 saturated heterocycles. The Kier molecular flexibility index (Phi) is 3.87. The van der Waals surface area contributed by atoms with Crippen molar-refractivity contribution in [3.8, 4) is 22.8 Å². The van der Waals surface area contributed by atoms with Crippen LogP contribution >= 0.6 is 0 Å². The molecule has 4 aromatic rings. The zero-order valence-electron chi connectivity index (χ0n) is 13.3. The molecule has 0 aliphatic rings. The van der Waals surface area contributed by atoms with Crippen LogP contribution in [0, 0.1) is 0 Å². The molecule has 0 amide bonds. The van der Waals surface area contributed by atoms with Crippen molar-refractivity contribution in [1.82, 2.24) is 15.0 Å². The van der Waals surface area contributed by atoms with Crippen LogP contribution in [0.4, 0.5) is 13.2 Å². The number of rotatable bonds is 4. The summed E-state index contributed by atoms with van der Waals surface area (Å²) in [5.41, 5.74) is 2.38. The van der Waals surface area contributed by atoms with Gasteiger partial charge in [0.15, 0.2) is 6.61 Å². The van der Waals surface area contributed by atoms with Gasteiger partial charge in [0.05, 0.1) is 12.0 Å². The summed E-state index contributed by atoms with van der Waals surface area (Å²) in [6.45, 7) is -1.39. The second-order valence-corrected chi connectivity index (χ2v) is 5.57. The van der Waals surface area contributed by atoms with E-state index in [1.54, 1.807) is 30.3 Å². The average Bonchev–Trinajstić information content (AvgIpc) is 3.28. The van der Waals surface area contributed by atoms with E-state index in [1.165, 1.54) is 23.2 Å². The van der Waals surface area contributed by atoms with Crippen LogP contribution in [0.3, 0.4) is 0 Å². The molecule has 0 aliphatic carbocycles. The normalized spacial score (nSPS) is 11.8. The summed E-state index contributed by atoms with van der Waals surface area (Å²) < 4.78 is 47.8. The zero-order valence-corrected chi connectivity index (χ0v) is 13.3. The molecule has 132 valence electrons. The van der Waals surface area contributed by atoms with Gasteiger partial charge in [-0.1, -0.05) is 12.1 Å². The van der Waals surface area contributed by atoms with Gasteiger partial charge in [-0.3, -0.25) is 0 Å². The molecule has 2 aromatic carbocycles. The first-order valence-electron chi connectivity index (χ1n) is 7.69. The number of benzene rings is 2. The molecule has 0 bridgehead atoms. The standard InChI is InChI=1S/C18H12F3N3O2/c19-18(20,21)11-26-14-9-12(17-6-3-7-25-17)8-13(10-14)24-22-15-4-1-2-5-16(15)23-24/h1-10H,11H2. The molecule has 0 spiro atoms. The van der Waals surface area contributed by atoms with E-state index in [2.05, 4.69) is 10.2 Å². The fraction of sp³-hybridized carbons (Fsp3) is 0.111. The summed E-state index contributed by atoms with van der Waals surface area (Å²) in [6, 6.07) is 15.3. The first kappa shape index (κ1) is 16.2. The lowest BCUT2D eigenvalue weighted by Gasteiger charge is -2.11. The second kappa shape index (κ2) is 6.21. The SMILES string of the molecule is FC(F)(F)COc1cc(-c2ccco2)cc(-n2nc3ccccc3n2)c1. The zero-order chi connectivity index (χ0) is 18.1. The molecule has 0 atom stereocenters. The molecular formula is C18H12F3N3O2. The Hall–Kier alpha value is -3.29. The van der Waals surface area contributed by atoms with Crippen molar-refractivity contribution in [1.29, 1.82) is 0 Å². The molecule has 26 heavy (non-hydrogen) atoms. The van der Waals surface area contributed by atoms with E-state index >= 15 is 0 Å². The average molecular weight is 359 g/mol. The Labute approximate surface area is 145 Å². The molecule has 0 fully saturated rings. The van der Waals surface area contributed by atoms with Gasteiger partial charge in [0.25, 0.3) is 0 Å². The maximum Gasteiger partial charge on any atom is 0.422 e. The Morgan fingerprint density at radius 1 is 0.962 bits per heavy atom. The summed E-state index contributed by atoms with van der Waals surface area (Å²) in [5, 5.41) is 8.71. The molecule has 4 rings (SSSR count). The van der Waals surface area contributed by atoms with E-state index in [9.17, 15) is 13.2 Å². The highest BCUT2D eigenvalue weighted by molar-refractivity contribution is 5.73. The van der Waals surface area contributed by atoms with E-state index in [4.69, 9.17) is 9.15 Å². The number of alkyl halides is 3. The third kappa shape index (κ3) is 3.39. The van der Waals surface area contributed by atoms with Crippen molar-refractivity contribution in [2.75, 3.05) is 6.61 Å². The highest BCUT2D eigenvalue weighted by atomic mass is 19.4. The van der Waals surface area contributed by atoms with E-state index < -0.39 is 12.8 Å². The molecule has 0 aliphatic heterocycles. The Balaban J connectivity index is 1.78. The van der Waals surface area contributed by atoms with Gasteiger partial charge in [0, 0.05) is 11.6 Å². The lowest BCUT2D eigenvalue weighted by molar-refractivity contribution is -0.153. The van der Waals surface area contributed by atoms with Crippen LogP contribution in [0.25, 0.3) is 28.0 Å². The van der Waals surface area contributed by atoms with Crippen molar-refractivity contribution < 1.29 is 22.3 Å². The topological polar surface area (TPSA) is 53.1 Å². The smallest absolute Gasteiger partial charge is 0.422 e. The van der Waals surface area contributed by atoms with Gasteiger partial charge in [0.1, 0.15) is 22.5 Å². The number of furan rings is 1. The second-order valence-electron chi connectivity index (χ2n) is 5.57. The predicted molar refractivity (Wildman–Crippen MR) is 88.1 cm³/mol. The van der Waals surface area contributed by atoms with Crippen LogP contribution in [-0.2, 0) is 0 Å². The van der Waals surface area contributed by atoms with Gasteiger partial charge >= 0.3 is 6.18 Å². The number of ether oxygens (including phenoxy) is 1. The van der Waals surface area contributed by atoms with E-state index in [-0.39, 0.29) is 5.75 Å². The highest BCUT2D eigenvalue weighted by Crippen LogP contribution is 2.29. The molecule has 8 heteroatoms. The quantitative estimate of drug-likeness (QED) is 0.533. The number of hydrogen-bond acceptors (Lipinski definition) is 4. The first-order chi connectivity index (χ1) is 12.5. The van der Waals surface area contributed by atoms with E-state index in [0.29, 0.717) is 28.0 Å². The van der Waals surface area contributed by atoms with Crippen LogP contribution in [-0.4, -0.2) is 27.8 Å². The molecule has 0 N–H and O–H groups in total. The van der Waals surface area contributed by atoms with Gasteiger partial charge in [0.2, 0.25) is 0 Å². The number of aromatic nitrogens is 3. The molecule has 2 aromatic heterocycles. The van der Waals surface area contributed by atoms with Crippen molar-refractivity contribution in [2.45, 2.75) is 6.18 Å². The third-order valence-corrected chi connectivity index (χ3v) is 3.62. The van der Waals surface area contributed by atoms with Crippen molar-refractivity contribution >= 4 is 11.0 Å². The maximum absolute atomic E-state index is 12.5. The molecule has 5 nitrogen and oxygen atoms in total. The van der Waals surface area contributed by atoms with Crippen molar-refractivity contribution in [3.05, 3.63) is 60.9 Å². The minimum absolute atomic E-state index is 0.0487. The summed E-state index contributed by atoms with van der Waals surface area (Å²) in [5.74, 6) is 0.549. The van der Waals surface area contributed by atoms with Gasteiger partial charge in [-0.15, -0.1) is 10.2 Å². The fourth-order valence-corrected chi connectivity index (χ4v) is 2.51. The van der Waals surface area contributed by atoms with Crippen molar-refractivity contribution in [2.24, 2.45) is 0 Å². The fourth-order valence-electron chi connectivity index (χ4n) is 2.51. The highest BCUT2D eigenvalue weighted by Gasteiger charge is 2.28. The minimum atomic E-state index is -4.43. The monoisotopic (exact) mass is 359 g/mol. The molecule has 0 saturated carbocycles. The van der Waals surface area contributed by atoms with Crippen molar-refractivity contribution in [3.63, 3.8) is 0 Å². The molecule has 2 heterocycles. The van der Waals surface area contributed by atoms with Crippen LogP contribution in [0.5, 0.6) is 5.75 Å². The number of halogens is 3. The Bertz CT molecular complexity index is 1010. The van der Waals surface area contributed by atoms with E-state index in [0.717, 1.165) is 0 Å². The largest absolute Gasteiger partial charge is 0.484 e. The van der Waals surface area contributed by atoms with E-state index in [1.807, 2.05) is 12.1 Å². The van der Waals surface area contributed by atoms with Gasteiger partial charge in [-0.05, 0) is 36.4 Å². The van der Waals surface area contributed by atoms with Crippen LogP contribution < -0.4 is 4.74 Å². The number of nitrogens with zero attached hydrogens (tertiary/aromatic N) is 3. The first-order valence-corrected chi connectivity index (χ1v) is 7.69. The summed E-state index contributed by atoms with van der Waals surface area (Å²) in [4.78, 5) is 1.36. The maximum atomic E-state index is 12.5. The lowest BCUT2D eigenvalue weighted by atomic mass is 10.1. The summed E-state index contributed by atoms with van der Waals surface area (Å²) in [7, 11) is 0. The Morgan fingerprint density at radius 2 is 1.69 bits per heavy atom. The van der Waals surface area contributed by atoms with Crippen LogP contribution in [0.15, 0.2) is 65.3 Å². The summed E-state index contributed by atoms with van der Waals surface area (Å²) >= 11 is 0. The number of hydrogen-bond donors (Lipinski definition) is 0. The van der Waals surface area contributed by atoms with Gasteiger partial charge in [-0.25, -0.2) is 0 Å². The molecule has 0 unspecified atom stereocenters.